The van der Waals surface area contributed by atoms with Crippen LogP contribution in [0.4, 0.5) is 0 Å². The third kappa shape index (κ3) is 2.12. The Morgan fingerprint density at radius 2 is 2.23 bits per heavy atom. The Bertz CT molecular complexity index is 793. The molecule has 1 saturated carbocycles. The Hall–Kier alpha value is -1.85. The summed E-state index contributed by atoms with van der Waals surface area (Å²) in [5.41, 5.74) is 10.8. The number of aromatic amines is 1. The number of nitrogens with two attached hydrogens (primary N) is 1. The number of fused-ring (bicyclic) bond motifs is 3. The summed E-state index contributed by atoms with van der Waals surface area (Å²) in [5.74, 6) is -0.889. The Labute approximate surface area is 132 Å². The van der Waals surface area contributed by atoms with Crippen LogP contribution in [0.5, 0.6) is 0 Å². The van der Waals surface area contributed by atoms with Crippen LogP contribution in [0.15, 0.2) is 12.3 Å². The van der Waals surface area contributed by atoms with Gasteiger partial charge in [0.1, 0.15) is 5.15 Å². The lowest BCUT2D eigenvalue weighted by atomic mass is 9.89. The lowest BCUT2D eigenvalue weighted by molar-refractivity contribution is 0.0694. The van der Waals surface area contributed by atoms with E-state index in [0.717, 1.165) is 47.3 Å². The van der Waals surface area contributed by atoms with E-state index in [1.165, 1.54) is 0 Å². The standard InChI is InChI=1S/C16H16ClN3O2/c17-12-5-10-8(7-19-12)1-2-9-13(15(21)22)11(20-14(9)10)6-16(18)3-4-16/h5,7,20H,1-4,6,18H2,(H,21,22). The van der Waals surface area contributed by atoms with Crippen LogP contribution in [0.1, 0.15) is 40.0 Å². The fraction of sp³-hybridized carbons (Fsp3) is 0.375. The first-order chi connectivity index (χ1) is 10.5. The van der Waals surface area contributed by atoms with Crippen molar-refractivity contribution in [3.63, 3.8) is 0 Å². The van der Waals surface area contributed by atoms with Gasteiger partial charge in [-0.3, -0.25) is 0 Å². The number of aryl methyl sites for hydroxylation is 1. The molecule has 2 aliphatic carbocycles. The summed E-state index contributed by atoms with van der Waals surface area (Å²) >= 11 is 6.01. The normalized spacial score (nSPS) is 17.7. The van der Waals surface area contributed by atoms with Gasteiger partial charge in [0.2, 0.25) is 0 Å². The molecule has 2 heterocycles. The summed E-state index contributed by atoms with van der Waals surface area (Å²) < 4.78 is 0. The fourth-order valence-corrected chi connectivity index (χ4v) is 3.46. The highest BCUT2D eigenvalue weighted by Gasteiger charge is 2.40. The first kappa shape index (κ1) is 13.8. The highest BCUT2D eigenvalue weighted by Crippen LogP contribution is 2.41. The van der Waals surface area contributed by atoms with Crippen LogP contribution in [0, 0.1) is 0 Å². The highest BCUT2D eigenvalue weighted by atomic mass is 35.5. The SMILES string of the molecule is NC1(Cc2[nH]c3c(c2C(=O)O)CCc2cnc(Cl)cc2-3)CC1. The van der Waals surface area contributed by atoms with Gasteiger partial charge in [0.05, 0.1) is 11.3 Å². The zero-order chi connectivity index (χ0) is 15.5. The maximum Gasteiger partial charge on any atom is 0.337 e. The highest BCUT2D eigenvalue weighted by molar-refractivity contribution is 6.29. The number of H-pyrrole nitrogens is 1. The Morgan fingerprint density at radius 1 is 1.45 bits per heavy atom. The third-order valence-electron chi connectivity index (χ3n) is 4.68. The number of pyridine rings is 1. The average Bonchev–Trinajstić information content (AvgIpc) is 3.06. The summed E-state index contributed by atoms with van der Waals surface area (Å²) in [5, 5.41) is 10.0. The summed E-state index contributed by atoms with van der Waals surface area (Å²) in [6.45, 7) is 0. The molecule has 2 aromatic rings. The first-order valence-corrected chi connectivity index (χ1v) is 7.75. The topological polar surface area (TPSA) is 92.0 Å². The molecule has 6 heteroatoms. The molecular weight excluding hydrogens is 302 g/mol. The smallest absolute Gasteiger partial charge is 0.337 e. The first-order valence-electron chi connectivity index (χ1n) is 7.37. The molecule has 0 spiro atoms. The van der Waals surface area contributed by atoms with Crippen LogP contribution in [-0.4, -0.2) is 26.6 Å². The molecule has 4 rings (SSSR count). The van der Waals surface area contributed by atoms with E-state index in [9.17, 15) is 9.90 Å². The van der Waals surface area contributed by atoms with E-state index < -0.39 is 5.97 Å². The van der Waals surface area contributed by atoms with E-state index in [2.05, 4.69) is 9.97 Å². The van der Waals surface area contributed by atoms with Gasteiger partial charge in [0.15, 0.2) is 0 Å². The molecule has 2 aliphatic rings. The second kappa shape index (κ2) is 4.57. The van der Waals surface area contributed by atoms with Gasteiger partial charge in [-0.1, -0.05) is 11.6 Å². The summed E-state index contributed by atoms with van der Waals surface area (Å²) in [6.07, 6.45) is 5.71. The zero-order valence-corrected chi connectivity index (χ0v) is 12.7. The van der Waals surface area contributed by atoms with Crippen LogP contribution in [0.3, 0.4) is 0 Å². The van der Waals surface area contributed by atoms with Crippen molar-refractivity contribution >= 4 is 17.6 Å². The van der Waals surface area contributed by atoms with Crippen molar-refractivity contribution in [1.29, 1.82) is 0 Å². The number of hydrogen-bond donors (Lipinski definition) is 3. The Balaban J connectivity index is 1.88. The molecule has 1 fully saturated rings. The number of nitrogens with one attached hydrogen (secondary N) is 1. The molecule has 0 aliphatic heterocycles. The quantitative estimate of drug-likeness (QED) is 0.759. The molecule has 5 nitrogen and oxygen atoms in total. The molecule has 0 atom stereocenters. The van der Waals surface area contributed by atoms with Crippen molar-refractivity contribution in [3.8, 4) is 11.3 Å². The molecule has 0 amide bonds. The molecule has 2 aromatic heterocycles. The average molecular weight is 318 g/mol. The van der Waals surface area contributed by atoms with Gasteiger partial charge in [0, 0.05) is 29.4 Å². The molecular formula is C16H16ClN3O2. The van der Waals surface area contributed by atoms with Crippen LogP contribution in [0.2, 0.25) is 5.15 Å². The minimum Gasteiger partial charge on any atom is -0.478 e. The van der Waals surface area contributed by atoms with Crippen LogP contribution < -0.4 is 5.73 Å². The third-order valence-corrected chi connectivity index (χ3v) is 4.89. The van der Waals surface area contributed by atoms with Gasteiger partial charge < -0.3 is 15.8 Å². The van der Waals surface area contributed by atoms with Crippen molar-refractivity contribution in [2.24, 2.45) is 5.73 Å². The van der Waals surface area contributed by atoms with Crippen LogP contribution in [0.25, 0.3) is 11.3 Å². The lowest BCUT2D eigenvalue weighted by Gasteiger charge is -2.16. The van der Waals surface area contributed by atoms with Crippen molar-refractivity contribution in [1.82, 2.24) is 9.97 Å². The van der Waals surface area contributed by atoms with Crippen molar-refractivity contribution in [3.05, 3.63) is 39.8 Å². The van der Waals surface area contributed by atoms with E-state index in [0.29, 0.717) is 23.6 Å². The number of carboxylic acid groups (broad SMARTS) is 1. The van der Waals surface area contributed by atoms with Gasteiger partial charge in [-0.05, 0) is 42.9 Å². The van der Waals surface area contributed by atoms with Gasteiger partial charge >= 0.3 is 5.97 Å². The summed E-state index contributed by atoms with van der Waals surface area (Å²) in [4.78, 5) is 19.2. The van der Waals surface area contributed by atoms with Gasteiger partial charge in [-0.15, -0.1) is 0 Å². The van der Waals surface area contributed by atoms with Crippen molar-refractivity contribution in [2.45, 2.75) is 37.6 Å². The molecule has 114 valence electrons. The number of carbonyl (C=O) groups is 1. The van der Waals surface area contributed by atoms with Gasteiger partial charge in [-0.25, -0.2) is 9.78 Å². The number of hydrogen-bond acceptors (Lipinski definition) is 3. The molecule has 0 saturated heterocycles. The second-order valence-corrected chi connectivity index (χ2v) is 6.73. The van der Waals surface area contributed by atoms with E-state index in [4.69, 9.17) is 17.3 Å². The number of rotatable bonds is 3. The molecule has 0 aromatic carbocycles. The largest absolute Gasteiger partial charge is 0.478 e. The second-order valence-electron chi connectivity index (χ2n) is 6.34. The predicted octanol–water partition coefficient (Wildman–Crippen LogP) is 2.56. The number of aromatic nitrogens is 2. The molecule has 22 heavy (non-hydrogen) atoms. The number of carboxylic acids is 1. The molecule has 0 unspecified atom stereocenters. The summed E-state index contributed by atoms with van der Waals surface area (Å²) in [6, 6.07) is 1.80. The molecule has 0 radical (unpaired) electrons. The minimum atomic E-state index is -0.889. The Morgan fingerprint density at radius 3 is 2.91 bits per heavy atom. The van der Waals surface area contributed by atoms with E-state index >= 15 is 0 Å². The minimum absolute atomic E-state index is 0.240. The summed E-state index contributed by atoms with van der Waals surface area (Å²) in [7, 11) is 0. The van der Waals surface area contributed by atoms with Gasteiger partial charge in [-0.2, -0.15) is 0 Å². The van der Waals surface area contributed by atoms with Crippen molar-refractivity contribution < 1.29 is 9.90 Å². The number of halogens is 1. The van der Waals surface area contributed by atoms with Gasteiger partial charge in [0.25, 0.3) is 0 Å². The van der Waals surface area contributed by atoms with Crippen LogP contribution in [-0.2, 0) is 19.3 Å². The number of nitrogens with zero attached hydrogens (tertiary/aromatic N) is 1. The Kier molecular flexibility index (Phi) is 2.86. The van der Waals surface area contributed by atoms with Crippen LogP contribution >= 0.6 is 11.6 Å². The van der Waals surface area contributed by atoms with E-state index in [1.54, 1.807) is 12.3 Å². The monoisotopic (exact) mass is 317 g/mol. The van der Waals surface area contributed by atoms with E-state index in [1.807, 2.05) is 0 Å². The predicted molar refractivity (Wildman–Crippen MR) is 83.3 cm³/mol. The van der Waals surface area contributed by atoms with E-state index in [-0.39, 0.29) is 5.54 Å². The zero-order valence-electron chi connectivity index (χ0n) is 11.9. The lowest BCUT2D eigenvalue weighted by Crippen LogP contribution is -2.25. The number of aromatic carboxylic acids is 1. The molecule has 0 bridgehead atoms. The fourth-order valence-electron chi connectivity index (χ4n) is 3.31. The van der Waals surface area contributed by atoms with Crippen molar-refractivity contribution in [2.75, 3.05) is 0 Å². The maximum absolute atomic E-state index is 11.7. The maximum atomic E-state index is 11.7. The molecule has 4 N–H and O–H groups in total.